The van der Waals surface area contributed by atoms with E-state index in [1.54, 1.807) is 55.4 Å². The van der Waals surface area contributed by atoms with Crippen LogP contribution in [0.4, 0.5) is 0 Å². The Bertz CT molecular complexity index is 1400. The second-order valence-electron chi connectivity index (χ2n) is 7.16. The van der Waals surface area contributed by atoms with E-state index in [0.717, 1.165) is 31.3 Å². The van der Waals surface area contributed by atoms with Crippen molar-refractivity contribution in [2.45, 2.75) is 34.2 Å². The van der Waals surface area contributed by atoms with Gasteiger partial charge in [-0.15, -0.1) is 0 Å². The van der Waals surface area contributed by atoms with Gasteiger partial charge in [-0.25, -0.2) is 0 Å². The van der Waals surface area contributed by atoms with Gasteiger partial charge in [-0.2, -0.15) is 0 Å². The van der Waals surface area contributed by atoms with E-state index in [1.807, 2.05) is 42.5 Å². The number of aromatic nitrogens is 2. The molecule has 9 nitrogen and oxygen atoms in total. The van der Waals surface area contributed by atoms with Gasteiger partial charge in [0.05, 0.1) is 29.7 Å². The Kier molecular flexibility index (Phi) is 40.2. The molecule has 0 saturated heterocycles. The third-order valence-corrected chi connectivity index (χ3v) is 6.45. The van der Waals surface area contributed by atoms with Gasteiger partial charge in [-0.3, -0.25) is 14.4 Å². The zero-order valence-corrected chi connectivity index (χ0v) is 34.0. The molecule has 44 heavy (non-hydrogen) atoms. The molecular weight excluding hydrogens is 818 g/mol. The molecule has 4 rings (SSSR count). The van der Waals surface area contributed by atoms with E-state index >= 15 is 0 Å². The molecule has 0 saturated carbocycles. The molecule has 0 atom stereocenters. The molecule has 234 valence electrons. The van der Waals surface area contributed by atoms with E-state index in [2.05, 4.69) is 57.7 Å². The van der Waals surface area contributed by atoms with Crippen LogP contribution in [0.1, 0.15) is 34.8 Å². The molecule has 2 aromatic carbocycles. The number of nitrogens with zero attached hydrogens (tertiary/aromatic N) is 1. The Morgan fingerprint density at radius 2 is 1.34 bits per heavy atom. The molecule has 0 aliphatic rings. The van der Waals surface area contributed by atoms with Crippen LogP contribution in [0, 0.1) is 0 Å². The number of halogens is 3. The van der Waals surface area contributed by atoms with Gasteiger partial charge in [0.15, 0.2) is 0 Å². The summed E-state index contributed by atoms with van der Waals surface area (Å²) in [6.07, 6.45) is 3.38. The van der Waals surface area contributed by atoms with Gasteiger partial charge in [0.2, 0.25) is 5.56 Å². The van der Waals surface area contributed by atoms with Crippen LogP contribution in [-0.2, 0) is 21.6 Å². The zero-order chi connectivity index (χ0) is 29.0. The minimum atomic E-state index is -0.181. The fraction of sp³-hybridized carbons (Fsp3) is 0.233. The van der Waals surface area contributed by atoms with Crippen LogP contribution in [0.15, 0.2) is 104 Å². The second-order valence-corrected chi connectivity index (χ2v) is 9.43. The molecule has 0 aliphatic heterocycles. The maximum absolute atomic E-state index is 11.6. The first-order valence-electron chi connectivity index (χ1n) is 11.0. The first-order chi connectivity index (χ1) is 18.8. The zero-order valence-electron chi connectivity index (χ0n) is 24.0. The van der Waals surface area contributed by atoms with Crippen LogP contribution < -0.4 is 129 Å². The van der Waals surface area contributed by atoms with Crippen molar-refractivity contribution in [3.05, 3.63) is 126 Å². The van der Waals surface area contributed by atoms with Crippen LogP contribution in [0.3, 0.4) is 0 Å². The van der Waals surface area contributed by atoms with Crippen molar-refractivity contribution in [2.24, 2.45) is 0 Å². The van der Waals surface area contributed by atoms with Crippen molar-refractivity contribution < 1.29 is 129 Å². The van der Waals surface area contributed by atoms with Crippen molar-refractivity contribution in [1.29, 1.82) is 0 Å². The number of hydrogen-bond donors (Lipinski definition) is 1. The number of aromatic amines is 1. The number of pyridine rings is 2. The van der Waals surface area contributed by atoms with Crippen molar-refractivity contribution >= 4 is 54.3 Å². The Balaban J connectivity index is -0.000000119. The fourth-order valence-electron chi connectivity index (χ4n) is 2.77. The maximum Gasteiger partial charge on any atom is 1.00 e. The molecule has 4 aromatic rings. The van der Waals surface area contributed by atoms with Crippen LogP contribution in [0.2, 0.25) is 0 Å². The number of ether oxygens (including phenoxy) is 2. The number of methoxy groups -OCH3 is 2. The Morgan fingerprint density at radius 1 is 0.841 bits per heavy atom. The average Bonchev–Trinajstić information content (AvgIpc) is 2.95. The van der Waals surface area contributed by atoms with Gasteiger partial charge in [0, 0.05) is 29.9 Å². The molecule has 2 aromatic heterocycles. The van der Waals surface area contributed by atoms with E-state index in [4.69, 9.17) is 19.5 Å². The molecule has 0 fully saturated rings. The molecule has 2 heterocycles. The van der Waals surface area contributed by atoms with Gasteiger partial charge < -0.3 is 30.6 Å². The molecule has 0 amide bonds. The summed E-state index contributed by atoms with van der Waals surface area (Å²) in [5.41, 5.74) is 2.23. The number of hydrogen-bond acceptors (Lipinski definition) is 7. The fourth-order valence-corrected chi connectivity index (χ4v) is 4.29. The van der Waals surface area contributed by atoms with Crippen molar-refractivity contribution in [1.82, 2.24) is 9.55 Å². The monoisotopic (exact) mass is 854 g/mol. The quantitative estimate of drug-likeness (QED) is 0.101. The Hall–Kier alpha value is 0.0827. The van der Waals surface area contributed by atoms with E-state index < -0.39 is 0 Å². The van der Waals surface area contributed by atoms with Gasteiger partial charge in [0.1, 0.15) is 11.5 Å². The van der Waals surface area contributed by atoms with Gasteiger partial charge in [-0.1, -0.05) is 62.5 Å². The maximum atomic E-state index is 11.6. The first kappa shape index (κ1) is 53.6. The van der Waals surface area contributed by atoms with Gasteiger partial charge in [-0.05, 0) is 79.4 Å². The predicted molar refractivity (Wildman–Crippen MR) is 179 cm³/mol. The summed E-state index contributed by atoms with van der Waals surface area (Å²) >= 11 is 10.2. The van der Waals surface area contributed by atoms with E-state index in [0.29, 0.717) is 6.54 Å². The molecule has 0 aliphatic carbocycles. The van der Waals surface area contributed by atoms with Gasteiger partial charge >= 0.3 is 103 Å². The van der Waals surface area contributed by atoms with E-state index in [1.165, 1.54) is 11.6 Å². The summed E-state index contributed by atoms with van der Waals surface area (Å²) in [6.45, 7) is 0.377. The summed E-state index contributed by atoms with van der Waals surface area (Å²) < 4.78 is 13.8. The minimum Gasteiger partial charge on any atom is -1.00 e. The standard InChI is InChI=1S/C13H12BrNO2.C8H8Br2O.C5H5NO.CH2O3.3CH4.2K.H/c1-17-12-6-5-10(8-11(12)14)9-15-7-3-2-4-13(15)16;1-11-8-3-2-6(5-9)4-7(8)10;7-5-3-1-2-4-6-5;2-1-4-3;;;;;;/h2-8H,9H2,1H3;2-4H,5H2,1H3;1-4H,(H,6,7);1,3H;3*1H4;;;/q;;;;;;;2*+1;-1/p-1. The van der Waals surface area contributed by atoms with Crippen LogP contribution in [0.25, 0.3) is 0 Å². The topological polar surface area (TPSA) is 123 Å². The minimum absolute atomic E-state index is 0. The van der Waals surface area contributed by atoms with Crippen molar-refractivity contribution in [3.63, 3.8) is 0 Å². The normalized spacial score (nSPS) is 8.23. The number of carbonyl (C=O) groups excluding carboxylic acids is 1. The van der Waals surface area contributed by atoms with E-state index in [9.17, 15) is 9.59 Å². The number of H-pyrrole nitrogens is 1. The molecule has 14 heteroatoms. The van der Waals surface area contributed by atoms with Crippen molar-refractivity contribution in [2.75, 3.05) is 14.2 Å². The summed E-state index contributed by atoms with van der Waals surface area (Å²) in [4.78, 5) is 35.5. The summed E-state index contributed by atoms with van der Waals surface area (Å²) in [7, 11) is 3.29. The Morgan fingerprint density at radius 3 is 1.70 bits per heavy atom. The van der Waals surface area contributed by atoms with Crippen LogP contribution in [-0.4, -0.2) is 30.2 Å². The number of benzene rings is 2. The second kappa shape index (κ2) is 33.0. The predicted octanol–water partition coefficient (Wildman–Crippen LogP) is 0.859. The molecule has 1 N–H and O–H groups in total. The van der Waals surface area contributed by atoms with Crippen LogP contribution in [0.5, 0.6) is 11.5 Å². The largest absolute Gasteiger partial charge is 1.00 e. The molecule has 0 spiro atoms. The first-order valence-corrected chi connectivity index (χ1v) is 13.7. The number of alkyl halides is 1. The average molecular weight is 858 g/mol. The third kappa shape index (κ3) is 22.6. The number of carbonyl (C=O) groups is 1. The number of nitrogens with one attached hydrogen (secondary N) is 1. The molecule has 0 unspecified atom stereocenters. The summed E-state index contributed by atoms with van der Waals surface area (Å²) in [5.74, 6) is 1.66. The smallest absolute Gasteiger partial charge is 1.00 e. The van der Waals surface area contributed by atoms with Crippen LogP contribution >= 0.6 is 47.8 Å². The third-order valence-electron chi connectivity index (χ3n) is 4.56. The van der Waals surface area contributed by atoms with Gasteiger partial charge in [0.25, 0.3) is 12.0 Å². The molecule has 0 bridgehead atoms. The SMILES string of the molecule is C.C.C.COc1ccc(CBr)cc1Br.COc1ccc(Cn2ccccc2=O)cc1Br.O=CO[O-].O=c1cccc[nH]1.[H-].[K+].[K+]. The summed E-state index contributed by atoms with van der Waals surface area (Å²) in [5, 5.41) is 9.30. The summed E-state index contributed by atoms with van der Waals surface area (Å²) in [6, 6.07) is 21.9. The Labute approximate surface area is 372 Å². The number of rotatable bonds is 6. The molecular formula is C30H39Br3K2N2O7. The van der Waals surface area contributed by atoms with Crippen molar-refractivity contribution in [3.8, 4) is 11.5 Å². The molecule has 0 radical (unpaired) electrons. The van der Waals surface area contributed by atoms with E-state index in [-0.39, 0.29) is 144 Å².